The van der Waals surface area contributed by atoms with Crippen LogP contribution in [0.2, 0.25) is 0 Å². The summed E-state index contributed by atoms with van der Waals surface area (Å²) >= 11 is 0. The summed E-state index contributed by atoms with van der Waals surface area (Å²) in [6.45, 7) is 2.50. The first-order chi connectivity index (χ1) is 9.79. The van der Waals surface area contributed by atoms with E-state index in [0.717, 1.165) is 22.5 Å². The van der Waals surface area contributed by atoms with Gasteiger partial charge in [-0.3, -0.25) is 5.10 Å². The third kappa shape index (κ3) is 2.24. The zero-order valence-corrected chi connectivity index (χ0v) is 11.4. The summed E-state index contributed by atoms with van der Waals surface area (Å²) < 4.78 is 0. The number of nitrogens with one attached hydrogen (secondary N) is 1. The molecule has 0 unspecified atom stereocenters. The molecule has 3 heteroatoms. The number of benzene rings is 2. The topological polar surface area (TPSA) is 54.7 Å². The molecule has 20 heavy (non-hydrogen) atoms. The minimum Gasteiger partial charge on any atom is -0.326 e. The number of nitrogens with two attached hydrogens (primary N) is 1. The van der Waals surface area contributed by atoms with Crippen molar-refractivity contribution in [3.8, 4) is 22.4 Å². The second-order valence-corrected chi connectivity index (χ2v) is 4.82. The van der Waals surface area contributed by atoms with Gasteiger partial charge in [-0.1, -0.05) is 54.6 Å². The standard InChI is InChI=1S/C17H17N3/c1-12-16(11-18)17(20-19-12)15-9-7-14(8-10-15)13-5-3-2-4-6-13/h2-10H,11,18H2,1H3,(H,19,20). The third-order valence-electron chi connectivity index (χ3n) is 3.54. The molecule has 0 saturated carbocycles. The molecular weight excluding hydrogens is 246 g/mol. The van der Waals surface area contributed by atoms with Crippen LogP contribution < -0.4 is 5.73 Å². The van der Waals surface area contributed by atoms with E-state index in [2.05, 4.69) is 46.6 Å². The normalized spacial score (nSPS) is 10.7. The Balaban J connectivity index is 1.97. The average Bonchev–Trinajstić information content (AvgIpc) is 2.89. The highest BCUT2D eigenvalue weighted by atomic mass is 15.1. The molecule has 0 saturated heterocycles. The monoisotopic (exact) mass is 263 g/mol. The molecule has 3 aromatic rings. The quantitative estimate of drug-likeness (QED) is 0.759. The molecule has 1 aromatic heterocycles. The maximum Gasteiger partial charge on any atom is 0.0968 e. The van der Waals surface area contributed by atoms with Crippen molar-refractivity contribution in [3.05, 3.63) is 65.9 Å². The van der Waals surface area contributed by atoms with Gasteiger partial charge in [0, 0.05) is 23.4 Å². The molecule has 0 radical (unpaired) electrons. The fourth-order valence-corrected chi connectivity index (χ4v) is 2.39. The van der Waals surface area contributed by atoms with E-state index in [1.807, 2.05) is 25.1 Å². The maximum absolute atomic E-state index is 5.79. The van der Waals surface area contributed by atoms with Gasteiger partial charge in [0.15, 0.2) is 0 Å². The van der Waals surface area contributed by atoms with Crippen molar-refractivity contribution in [1.82, 2.24) is 10.2 Å². The largest absolute Gasteiger partial charge is 0.326 e. The lowest BCUT2D eigenvalue weighted by Gasteiger charge is -2.04. The van der Waals surface area contributed by atoms with Crippen LogP contribution in [-0.2, 0) is 6.54 Å². The van der Waals surface area contributed by atoms with Gasteiger partial charge in [0.2, 0.25) is 0 Å². The zero-order chi connectivity index (χ0) is 13.9. The van der Waals surface area contributed by atoms with Crippen molar-refractivity contribution in [1.29, 1.82) is 0 Å². The number of hydrogen-bond donors (Lipinski definition) is 2. The summed E-state index contributed by atoms with van der Waals surface area (Å²) in [5, 5.41) is 7.36. The van der Waals surface area contributed by atoms with Crippen molar-refractivity contribution in [3.63, 3.8) is 0 Å². The minimum atomic E-state index is 0.498. The lowest BCUT2D eigenvalue weighted by Crippen LogP contribution is -1.98. The Kier molecular flexibility index (Phi) is 3.35. The number of nitrogens with zero attached hydrogens (tertiary/aromatic N) is 1. The van der Waals surface area contributed by atoms with Gasteiger partial charge in [-0.15, -0.1) is 0 Å². The molecule has 100 valence electrons. The van der Waals surface area contributed by atoms with E-state index in [4.69, 9.17) is 5.73 Å². The second kappa shape index (κ2) is 5.31. The molecule has 0 amide bonds. The molecule has 1 heterocycles. The molecule has 0 aliphatic rings. The Morgan fingerprint density at radius 1 is 0.900 bits per heavy atom. The molecular formula is C17H17N3. The average molecular weight is 263 g/mol. The van der Waals surface area contributed by atoms with Gasteiger partial charge in [-0.25, -0.2) is 0 Å². The first-order valence-electron chi connectivity index (χ1n) is 6.69. The highest BCUT2D eigenvalue weighted by Crippen LogP contribution is 2.26. The summed E-state index contributed by atoms with van der Waals surface area (Å²) in [6.07, 6.45) is 0. The predicted octanol–water partition coefficient (Wildman–Crippen LogP) is 3.51. The molecule has 2 aromatic carbocycles. The molecule has 0 spiro atoms. The molecule has 0 atom stereocenters. The van der Waals surface area contributed by atoms with Crippen LogP contribution in [0.3, 0.4) is 0 Å². The summed E-state index contributed by atoms with van der Waals surface area (Å²) in [5.41, 5.74) is 12.4. The van der Waals surface area contributed by atoms with Crippen molar-refractivity contribution >= 4 is 0 Å². The van der Waals surface area contributed by atoms with Crippen molar-refractivity contribution < 1.29 is 0 Å². The summed E-state index contributed by atoms with van der Waals surface area (Å²) in [7, 11) is 0. The van der Waals surface area contributed by atoms with Crippen LogP contribution in [0, 0.1) is 6.92 Å². The van der Waals surface area contributed by atoms with Crippen LogP contribution in [0.5, 0.6) is 0 Å². The summed E-state index contributed by atoms with van der Waals surface area (Å²) in [6, 6.07) is 18.8. The Hall–Kier alpha value is -2.39. The fraction of sp³-hybridized carbons (Fsp3) is 0.118. The zero-order valence-electron chi connectivity index (χ0n) is 11.4. The number of hydrogen-bond acceptors (Lipinski definition) is 2. The summed E-state index contributed by atoms with van der Waals surface area (Å²) in [4.78, 5) is 0. The highest BCUT2D eigenvalue weighted by molar-refractivity contribution is 5.70. The Morgan fingerprint density at radius 3 is 2.15 bits per heavy atom. The van der Waals surface area contributed by atoms with Crippen LogP contribution in [0.4, 0.5) is 0 Å². The van der Waals surface area contributed by atoms with Crippen LogP contribution in [0.15, 0.2) is 54.6 Å². The fourth-order valence-electron chi connectivity index (χ4n) is 2.39. The lowest BCUT2D eigenvalue weighted by atomic mass is 10.0. The van der Waals surface area contributed by atoms with E-state index in [-0.39, 0.29) is 0 Å². The molecule has 0 fully saturated rings. The van der Waals surface area contributed by atoms with Gasteiger partial charge in [-0.2, -0.15) is 5.10 Å². The highest BCUT2D eigenvalue weighted by Gasteiger charge is 2.10. The van der Waals surface area contributed by atoms with Crippen molar-refractivity contribution in [2.75, 3.05) is 0 Å². The molecule has 0 bridgehead atoms. The van der Waals surface area contributed by atoms with Crippen molar-refractivity contribution in [2.24, 2.45) is 5.73 Å². The molecule has 3 nitrogen and oxygen atoms in total. The molecule has 3 rings (SSSR count). The van der Waals surface area contributed by atoms with Gasteiger partial charge >= 0.3 is 0 Å². The van der Waals surface area contributed by atoms with E-state index < -0.39 is 0 Å². The van der Waals surface area contributed by atoms with E-state index >= 15 is 0 Å². The smallest absolute Gasteiger partial charge is 0.0968 e. The number of rotatable bonds is 3. The Morgan fingerprint density at radius 2 is 1.50 bits per heavy atom. The van der Waals surface area contributed by atoms with Crippen LogP contribution >= 0.6 is 0 Å². The number of aromatic nitrogens is 2. The van der Waals surface area contributed by atoms with Crippen LogP contribution in [-0.4, -0.2) is 10.2 Å². The van der Waals surface area contributed by atoms with Gasteiger partial charge in [0.1, 0.15) is 0 Å². The van der Waals surface area contributed by atoms with Gasteiger partial charge < -0.3 is 5.73 Å². The molecule has 0 aliphatic carbocycles. The maximum atomic E-state index is 5.79. The Bertz CT molecular complexity index is 697. The van der Waals surface area contributed by atoms with E-state index in [0.29, 0.717) is 6.54 Å². The van der Waals surface area contributed by atoms with Gasteiger partial charge in [-0.05, 0) is 18.1 Å². The van der Waals surface area contributed by atoms with Crippen molar-refractivity contribution in [2.45, 2.75) is 13.5 Å². The van der Waals surface area contributed by atoms with E-state index in [1.165, 1.54) is 11.1 Å². The van der Waals surface area contributed by atoms with Crippen LogP contribution in [0.1, 0.15) is 11.3 Å². The number of aromatic amines is 1. The SMILES string of the molecule is Cc1[nH]nc(-c2ccc(-c3ccccc3)cc2)c1CN. The molecule has 0 aliphatic heterocycles. The first-order valence-corrected chi connectivity index (χ1v) is 6.69. The second-order valence-electron chi connectivity index (χ2n) is 4.82. The predicted molar refractivity (Wildman–Crippen MR) is 82.1 cm³/mol. The van der Waals surface area contributed by atoms with E-state index in [9.17, 15) is 0 Å². The summed E-state index contributed by atoms with van der Waals surface area (Å²) in [5.74, 6) is 0. The third-order valence-corrected chi connectivity index (χ3v) is 3.54. The first kappa shape index (κ1) is 12.6. The minimum absolute atomic E-state index is 0.498. The number of H-pyrrole nitrogens is 1. The molecule has 3 N–H and O–H groups in total. The Labute approximate surface area is 118 Å². The van der Waals surface area contributed by atoms with Gasteiger partial charge in [0.05, 0.1) is 5.69 Å². The number of aryl methyl sites for hydroxylation is 1. The van der Waals surface area contributed by atoms with Crippen LogP contribution in [0.25, 0.3) is 22.4 Å². The van der Waals surface area contributed by atoms with E-state index in [1.54, 1.807) is 0 Å². The van der Waals surface area contributed by atoms with Gasteiger partial charge in [0.25, 0.3) is 0 Å². The lowest BCUT2D eigenvalue weighted by molar-refractivity contribution is 1.03.